The summed E-state index contributed by atoms with van der Waals surface area (Å²) in [5, 5.41) is 7.82. The number of fused-ring (bicyclic) bond motifs is 1. The Morgan fingerprint density at radius 3 is 2.13 bits per heavy atom. The van der Waals surface area contributed by atoms with Gasteiger partial charge in [-0.05, 0) is 53.9 Å². The van der Waals surface area contributed by atoms with E-state index in [0.717, 1.165) is 37.8 Å². The monoisotopic (exact) mass is 463 g/mol. The number of benzene rings is 1. The smallest absolute Gasteiger partial charge is 0.225 e. The van der Waals surface area contributed by atoms with Crippen LogP contribution in [0.4, 0.5) is 5.95 Å². The molecule has 0 unspecified atom stereocenters. The summed E-state index contributed by atoms with van der Waals surface area (Å²) in [4.78, 5) is 13.8. The molecule has 5 nitrogen and oxygen atoms in total. The fourth-order valence-electron chi connectivity index (χ4n) is 4.65. The molecule has 4 rings (SSSR count). The molecule has 1 fully saturated rings. The number of aromatic nitrogens is 2. The number of amidine groups is 1. The van der Waals surface area contributed by atoms with Gasteiger partial charge in [-0.3, -0.25) is 5.41 Å². The summed E-state index contributed by atoms with van der Waals surface area (Å²) in [5.41, 5.74) is 5.52. The topological polar surface area (TPSA) is 56.1 Å². The van der Waals surface area contributed by atoms with Crippen LogP contribution in [0.3, 0.4) is 0 Å². The van der Waals surface area contributed by atoms with Crippen LogP contribution in [0.15, 0.2) is 30.5 Å². The molecule has 1 aromatic heterocycles. The van der Waals surface area contributed by atoms with E-state index in [1.54, 1.807) is 0 Å². The molecule has 1 N–H and O–H groups in total. The van der Waals surface area contributed by atoms with Gasteiger partial charge in [0, 0.05) is 37.9 Å². The van der Waals surface area contributed by atoms with Crippen LogP contribution in [0.1, 0.15) is 58.6 Å². The Balaban J connectivity index is 0.00000171. The predicted molar refractivity (Wildman–Crippen MR) is 134 cm³/mol. The van der Waals surface area contributed by atoms with E-state index < -0.39 is 0 Å². The molecule has 0 spiro atoms. The molecule has 1 saturated heterocycles. The number of nitrogens with zero attached hydrogens (tertiary/aromatic N) is 4. The Labute approximate surface area is 199 Å². The van der Waals surface area contributed by atoms with Gasteiger partial charge in [-0.15, -0.1) is 24.8 Å². The van der Waals surface area contributed by atoms with Crippen molar-refractivity contribution in [2.24, 2.45) is 0 Å². The lowest BCUT2D eigenvalue weighted by atomic mass is 9.63. The van der Waals surface area contributed by atoms with Crippen LogP contribution in [0.25, 0.3) is 11.3 Å². The standard InChI is InChI=1S/C24H33N5.2ClH/c1-17(25)28-12-14-29(15-13-28)22-26-11-8-21(27-22)18-6-7-19-20(16-18)24(4,5)10-9-23(19,2)3;;/h6-8,11,16,25H,9-10,12-15H2,1-5H3;2*1H. The van der Waals surface area contributed by atoms with E-state index in [1.807, 2.05) is 19.2 Å². The zero-order valence-corrected chi connectivity index (χ0v) is 20.9. The van der Waals surface area contributed by atoms with E-state index in [1.165, 1.54) is 29.5 Å². The lowest BCUT2D eigenvalue weighted by Crippen LogP contribution is -2.48. The molecule has 1 aliphatic heterocycles. The average molecular weight is 464 g/mol. The SMILES string of the molecule is CC(=N)N1CCN(c2nccc(-c3ccc4c(c3)C(C)(C)CCC4(C)C)n2)CC1.Cl.Cl. The van der Waals surface area contributed by atoms with Crippen molar-refractivity contribution in [1.82, 2.24) is 14.9 Å². The first-order valence-corrected chi connectivity index (χ1v) is 10.7. The molecule has 1 aliphatic carbocycles. The van der Waals surface area contributed by atoms with Gasteiger partial charge in [0.05, 0.1) is 11.5 Å². The summed E-state index contributed by atoms with van der Waals surface area (Å²) in [6.45, 7) is 14.7. The number of rotatable bonds is 2. The Morgan fingerprint density at radius 2 is 1.52 bits per heavy atom. The third-order valence-electron chi connectivity index (χ3n) is 6.83. The highest BCUT2D eigenvalue weighted by Crippen LogP contribution is 2.46. The summed E-state index contributed by atoms with van der Waals surface area (Å²) in [7, 11) is 0. The van der Waals surface area contributed by atoms with Crippen molar-refractivity contribution < 1.29 is 0 Å². The summed E-state index contributed by atoms with van der Waals surface area (Å²) in [6.07, 6.45) is 4.31. The first-order valence-electron chi connectivity index (χ1n) is 10.7. The molecule has 2 aromatic rings. The zero-order valence-electron chi connectivity index (χ0n) is 19.2. The molecule has 0 bridgehead atoms. The fraction of sp³-hybridized carbons (Fsp3) is 0.542. The second kappa shape index (κ2) is 9.33. The lowest BCUT2D eigenvalue weighted by molar-refractivity contribution is 0.332. The van der Waals surface area contributed by atoms with Gasteiger partial charge in [-0.2, -0.15) is 0 Å². The summed E-state index contributed by atoms with van der Waals surface area (Å²) in [5.74, 6) is 1.43. The summed E-state index contributed by atoms with van der Waals surface area (Å²) < 4.78 is 0. The fourth-order valence-corrected chi connectivity index (χ4v) is 4.65. The van der Waals surface area contributed by atoms with Gasteiger partial charge >= 0.3 is 0 Å². The van der Waals surface area contributed by atoms with Crippen molar-refractivity contribution in [3.8, 4) is 11.3 Å². The first kappa shape index (κ1) is 25.4. The molecule has 0 saturated carbocycles. The summed E-state index contributed by atoms with van der Waals surface area (Å²) in [6, 6.07) is 8.92. The Hall–Kier alpha value is -1.85. The van der Waals surface area contributed by atoms with E-state index in [-0.39, 0.29) is 35.6 Å². The maximum absolute atomic E-state index is 7.82. The van der Waals surface area contributed by atoms with Crippen LogP contribution in [0, 0.1) is 5.41 Å². The third-order valence-corrected chi connectivity index (χ3v) is 6.83. The zero-order chi connectivity index (χ0) is 20.8. The lowest BCUT2D eigenvalue weighted by Gasteiger charge is -2.42. The molecule has 7 heteroatoms. The van der Waals surface area contributed by atoms with Crippen molar-refractivity contribution in [2.45, 2.75) is 58.3 Å². The maximum Gasteiger partial charge on any atom is 0.225 e. The van der Waals surface area contributed by atoms with Gasteiger partial charge in [0.25, 0.3) is 0 Å². The highest BCUT2D eigenvalue weighted by Gasteiger charge is 2.37. The molecular formula is C24H35Cl2N5. The molecule has 31 heavy (non-hydrogen) atoms. The molecule has 2 heterocycles. The molecule has 170 valence electrons. The Kier molecular flexibility index (Phi) is 7.65. The van der Waals surface area contributed by atoms with Crippen LogP contribution >= 0.6 is 24.8 Å². The maximum atomic E-state index is 7.82. The highest BCUT2D eigenvalue weighted by molar-refractivity contribution is 5.85. The Morgan fingerprint density at radius 1 is 0.903 bits per heavy atom. The average Bonchev–Trinajstić information content (AvgIpc) is 2.71. The number of hydrogen-bond acceptors (Lipinski definition) is 4. The van der Waals surface area contributed by atoms with Crippen molar-refractivity contribution in [1.29, 1.82) is 5.41 Å². The van der Waals surface area contributed by atoms with Gasteiger partial charge in [0.15, 0.2) is 0 Å². The minimum absolute atomic E-state index is 0. The van der Waals surface area contributed by atoms with Gasteiger partial charge in [0.2, 0.25) is 5.95 Å². The number of anilines is 1. The van der Waals surface area contributed by atoms with Crippen molar-refractivity contribution in [3.63, 3.8) is 0 Å². The second-order valence-electron chi connectivity index (χ2n) is 9.83. The van der Waals surface area contributed by atoms with Crippen molar-refractivity contribution in [3.05, 3.63) is 41.6 Å². The van der Waals surface area contributed by atoms with Gasteiger partial charge in [-0.25, -0.2) is 9.97 Å². The quantitative estimate of drug-likeness (QED) is 0.474. The number of hydrogen-bond donors (Lipinski definition) is 1. The summed E-state index contributed by atoms with van der Waals surface area (Å²) >= 11 is 0. The molecule has 0 atom stereocenters. The van der Waals surface area contributed by atoms with E-state index in [2.05, 4.69) is 60.7 Å². The van der Waals surface area contributed by atoms with E-state index in [0.29, 0.717) is 5.84 Å². The van der Waals surface area contributed by atoms with Gasteiger partial charge < -0.3 is 9.80 Å². The van der Waals surface area contributed by atoms with Gasteiger partial charge in [-0.1, -0.05) is 39.8 Å². The minimum Gasteiger partial charge on any atom is -0.357 e. The Bertz CT molecular complexity index is 933. The van der Waals surface area contributed by atoms with Crippen molar-refractivity contribution >= 4 is 36.6 Å². The number of nitrogens with one attached hydrogen (secondary N) is 1. The van der Waals surface area contributed by atoms with E-state index in [9.17, 15) is 0 Å². The largest absolute Gasteiger partial charge is 0.357 e. The van der Waals surface area contributed by atoms with Crippen LogP contribution in [0.5, 0.6) is 0 Å². The van der Waals surface area contributed by atoms with Crippen LogP contribution < -0.4 is 4.90 Å². The normalized spacial score (nSPS) is 19.0. The highest BCUT2D eigenvalue weighted by atomic mass is 35.5. The second-order valence-corrected chi connectivity index (χ2v) is 9.83. The molecule has 0 radical (unpaired) electrons. The first-order chi connectivity index (χ1) is 13.7. The van der Waals surface area contributed by atoms with Crippen molar-refractivity contribution in [2.75, 3.05) is 31.1 Å². The minimum atomic E-state index is 0. The van der Waals surface area contributed by atoms with Crippen LogP contribution in [0.2, 0.25) is 0 Å². The molecule has 0 amide bonds. The van der Waals surface area contributed by atoms with Crippen LogP contribution in [-0.4, -0.2) is 46.9 Å². The van der Waals surface area contributed by atoms with E-state index in [4.69, 9.17) is 10.4 Å². The molecule has 1 aromatic carbocycles. The van der Waals surface area contributed by atoms with Gasteiger partial charge in [0.1, 0.15) is 0 Å². The third kappa shape index (κ3) is 4.98. The number of halogens is 2. The predicted octanol–water partition coefficient (Wildman–Crippen LogP) is 5.46. The molecular weight excluding hydrogens is 429 g/mol. The number of piperazine rings is 1. The van der Waals surface area contributed by atoms with E-state index >= 15 is 0 Å². The van der Waals surface area contributed by atoms with Crippen LogP contribution in [-0.2, 0) is 10.8 Å². The molecule has 2 aliphatic rings.